The molecule has 0 saturated carbocycles. The number of benzene rings is 1. The van der Waals surface area contributed by atoms with Gasteiger partial charge in [0, 0.05) is 48.2 Å². The number of amides is 3. The lowest BCUT2D eigenvalue weighted by atomic mass is 10.1. The SMILES string of the molecule is COCCN1C(C)=CN2C1=NC1C2C(=O)N(Cc2c(Cl)cccc2Cl)C(=O)N1C. The van der Waals surface area contributed by atoms with E-state index in [0.29, 0.717) is 34.7 Å². The van der Waals surface area contributed by atoms with Crippen molar-refractivity contribution in [1.29, 1.82) is 0 Å². The van der Waals surface area contributed by atoms with Crippen molar-refractivity contribution >= 4 is 41.1 Å². The Morgan fingerprint density at radius 3 is 2.52 bits per heavy atom. The lowest BCUT2D eigenvalue weighted by molar-refractivity contribution is -0.137. The summed E-state index contributed by atoms with van der Waals surface area (Å²) in [6, 6.07) is 4.04. The zero-order valence-electron chi connectivity index (χ0n) is 16.3. The number of likely N-dealkylation sites (N-methyl/N-ethyl adjacent to an activating group) is 1. The van der Waals surface area contributed by atoms with E-state index in [1.54, 1.807) is 32.4 Å². The number of guanidine groups is 1. The van der Waals surface area contributed by atoms with Gasteiger partial charge in [0.25, 0.3) is 5.91 Å². The summed E-state index contributed by atoms with van der Waals surface area (Å²) in [4.78, 5) is 37.5. The number of rotatable bonds is 5. The molecule has 3 heterocycles. The molecule has 2 atom stereocenters. The first-order valence-electron chi connectivity index (χ1n) is 9.17. The van der Waals surface area contributed by atoms with E-state index < -0.39 is 18.2 Å². The number of hydrogen-bond acceptors (Lipinski definition) is 6. The Balaban J connectivity index is 1.64. The van der Waals surface area contributed by atoms with Crippen molar-refractivity contribution in [3.8, 4) is 0 Å². The number of urea groups is 1. The molecule has 0 bridgehead atoms. The minimum atomic E-state index is -0.628. The Morgan fingerprint density at radius 1 is 1.17 bits per heavy atom. The molecule has 1 aromatic rings. The first-order chi connectivity index (χ1) is 13.8. The van der Waals surface area contributed by atoms with E-state index in [2.05, 4.69) is 4.99 Å². The lowest BCUT2D eigenvalue weighted by Gasteiger charge is -2.40. The second-order valence-electron chi connectivity index (χ2n) is 7.13. The molecular weight excluding hydrogens is 417 g/mol. The minimum absolute atomic E-state index is 0.00297. The largest absolute Gasteiger partial charge is 0.383 e. The Hall–Kier alpha value is -2.29. The molecule has 0 N–H and O–H groups in total. The number of methoxy groups -OCH3 is 1. The Bertz CT molecular complexity index is 914. The molecule has 8 nitrogen and oxygen atoms in total. The van der Waals surface area contributed by atoms with E-state index in [0.717, 1.165) is 5.70 Å². The van der Waals surface area contributed by atoms with Gasteiger partial charge in [0.15, 0.2) is 12.2 Å². The fourth-order valence-corrected chi connectivity index (χ4v) is 4.36. The zero-order chi connectivity index (χ0) is 20.9. The molecule has 0 aromatic heterocycles. The van der Waals surface area contributed by atoms with E-state index in [-0.39, 0.29) is 12.5 Å². The maximum absolute atomic E-state index is 13.4. The third-order valence-corrected chi connectivity index (χ3v) is 6.11. The number of imide groups is 1. The summed E-state index contributed by atoms with van der Waals surface area (Å²) in [6.45, 7) is 3.09. The standard InChI is InChI=1S/C19H21Cl2N5O3/c1-11-9-25-15-16(22-18(25)24(11)7-8-29-3)23(2)19(28)26(17(15)27)10-12-13(20)5-4-6-14(12)21/h4-6,9,15-16H,7-8,10H2,1-3H3. The minimum Gasteiger partial charge on any atom is -0.383 e. The molecule has 154 valence electrons. The van der Waals surface area contributed by atoms with Crippen LogP contribution in [0.25, 0.3) is 0 Å². The molecule has 0 radical (unpaired) electrons. The zero-order valence-corrected chi connectivity index (χ0v) is 17.8. The van der Waals surface area contributed by atoms with Gasteiger partial charge in [-0.25, -0.2) is 9.79 Å². The van der Waals surface area contributed by atoms with Crippen molar-refractivity contribution in [2.45, 2.75) is 25.7 Å². The number of nitrogens with zero attached hydrogens (tertiary/aromatic N) is 5. The molecule has 1 aromatic carbocycles. The van der Waals surface area contributed by atoms with E-state index in [1.807, 2.05) is 22.9 Å². The molecule has 4 rings (SSSR count). The molecule has 1 fully saturated rings. The van der Waals surface area contributed by atoms with Gasteiger partial charge in [-0.1, -0.05) is 29.3 Å². The third-order valence-electron chi connectivity index (χ3n) is 5.40. The Morgan fingerprint density at radius 2 is 1.86 bits per heavy atom. The average molecular weight is 438 g/mol. The van der Waals surface area contributed by atoms with E-state index >= 15 is 0 Å². The fraction of sp³-hybridized carbons (Fsp3) is 0.421. The molecule has 3 aliphatic rings. The van der Waals surface area contributed by atoms with Crippen molar-refractivity contribution in [1.82, 2.24) is 19.6 Å². The molecule has 1 saturated heterocycles. The van der Waals surface area contributed by atoms with E-state index in [1.165, 1.54) is 9.80 Å². The van der Waals surface area contributed by atoms with Gasteiger partial charge in [0.2, 0.25) is 5.96 Å². The third kappa shape index (κ3) is 3.15. The van der Waals surface area contributed by atoms with Crippen molar-refractivity contribution < 1.29 is 14.3 Å². The monoisotopic (exact) mass is 437 g/mol. The van der Waals surface area contributed by atoms with Gasteiger partial charge in [-0.15, -0.1) is 0 Å². The smallest absolute Gasteiger partial charge is 0.328 e. The number of aliphatic imine (C=N–C) groups is 1. The second kappa shape index (κ2) is 7.51. The van der Waals surface area contributed by atoms with Crippen molar-refractivity contribution in [3.63, 3.8) is 0 Å². The van der Waals surface area contributed by atoms with Crippen LogP contribution in [0.1, 0.15) is 12.5 Å². The van der Waals surface area contributed by atoms with Crippen LogP contribution in [-0.2, 0) is 16.1 Å². The summed E-state index contributed by atoms with van der Waals surface area (Å²) < 4.78 is 5.18. The summed E-state index contributed by atoms with van der Waals surface area (Å²) in [5.74, 6) is 0.325. The molecule has 3 aliphatic heterocycles. The second-order valence-corrected chi connectivity index (χ2v) is 7.94. The maximum atomic E-state index is 13.4. The van der Waals surface area contributed by atoms with Crippen LogP contribution in [0.15, 0.2) is 35.1 Å². The van der Waals surface area contributed by atoms with E-state index in [4.69, 9.17) is 27.9 Å². The van der Waals surface area contributed by atoms with Crippen LogP contribution in [0.4, 0.5) is 4.79 Å². The van der Waals surface area contributed by atoms with Gasteiger partial charge in [0.05, 0.1) is 13.2 Å². The van der Waals surface area contributed by atoms with Gasteiger partial charge in [-0.2, -0.15) is 0 Å². The van der Waals surface area contributed by atoms with Crippen molar-refractivity contribution in [2.24, 2.45) is 4.99 Å². The van der Waals surface area contributed by atoms with Crippen molar-refractivity contribution in [2.75, 3.05) is 27.3 Å². The topological polar surface area (TPSA) is 68.7 Å². The van der Waals surface area contributed by atoms with Gasteiger partial charge < -0.3 is 19.4 Å². The predicted molar refractivity (Wildman–Crippen MR) is 109 cm³/mol. The van der Waals surface area contributed by atoms with Crippen LogP contribution in [0.2, 0.25) is 10.0 Å². The molecule has 0 aliphatic carbocycles. The van der Waals surface area contributed by atoms with Crippen LogP contribution >= 0.6 is 23.2 Å². The van der Waals surface area contributed by atoms with Crippen molar-refractivity contribution in [3.05, 3.63) is 45.7 Å². The first kappa shape index (κ1) is 20.0. The summed E-state index contributed by atoms with van der Waals surface area (Å²) in [7, 11) is 3.28. The van der Waals surface area contributed by atoms with Gasteiger partial charge in [-0.05, 0) is 19.1 Å². The first-order valence-corrected chi connectivity index (χ1v) is 9.93. The number of fused-ring (bicyclic) bond motifs is 3. The van der Waals surface area contributed by atoms with Crippen LogP contribution < -0.4 is 0 Å². The summed E-state index contributed by atoms with van der Waals surface area (Å²) in [5.41, 5.74) is 1.51. The number of halogens is 2. The maximum Gasteiger partial charge on any atom is 0.328 e. The number of carbonyl (C=O) groups excluding carboxylic acids is 2. The quantitative estimate of drug-likeness (QED) is 0.707. The average Bonchev–Trinajstić information content (AvgIpc) is 3.19. The lowest BCUT2D eigenvalue weighted by Crippen LogP contribution is -2.63. The predicted octanol–water partition coefficient (Wildman–Crippen LogP) is 2.58. The highest BCUT2D eigenvalue weighted by atomic mass is 35.5. The Kier molecular flexibility index (Phi) is 5.18. The molecule has 3 amide bonds. The van der Waals surface area contributed by atoms with E-state index in [9.17, 15) is 9.59 Å². The molecule has 2 unspecified atom stereocenters. The summed E-state index contributed by atoms with van der Waals surface area (Å²) >= 11 is 12.5. The Labute approximate surface area is 178 Å². The summed E-state index contributed by atoms with van der Waals surface area (Å²) in [5, 5.41) is 0.822. The molecule has 29 heavy (non-hydrogen) atoms. The molecule has 10 heteroatoms. The highest BCUT2D eigenvalue weighted by Gasteiger charge is 2.54. The highest BCUT2D eigenvalue weighted by molar-refractivity contribution is 6.36. The van der Waals surface area contributed by atoms with Gasteiger partial charge in [0.1, 0.15) is 0 Å². The van der Waals surface area contributed by atoms with Gasteiger partial charge >= 0.3 is 6.03 Å². The number of allylic oxidation sites excluding steroid dienone is 1. The number of hydrogen-bond donors (Lipinski definition) is 0. The normalized spacial score (nSPS) is 23.5. The number of carbonyl (C=O) groups is 2. The summed E-state index contributed by atoms with van der Waals surface area (Å²) in [6.07, 6.45) is 1.30. The highest BCUT2D eigenvalue weighted by Crippen LogP contribution is 2.35. The van der Waals surface area contributed by atoms with Crippen LogP contribution in [0.3, 0.4) is 0 Å². The van der Waals surface area contributed by atoms with Gasteiger partial charge in [-0.3, -0.25) is 9.69 Å². The fourth-order valence-electron chi connectivity index (χ4n) is 3.85. The van der Waals surface area contributed by atoms with Crippen LogP contribution in [0, 0.1) is 0 Å². The molecular formula is C19H21Cl2N5O3. The number of ether oxygens (including phenoxy) is 1. The van der Waals surface area contributed by atoms with Crippen LogP contribution in [0.5, 0.6) is 0 Å². The molecule has 0 spiro atoms. The van der Waals surface area contributed by atoms with Crippen LogP contribution in [-0.4, -0.2) is 77.0 Å².